The maximum Gasteiger partial charge on any atom is 0.306 e. The first-order valence-electron chi connectivity index (χ1n) is 6.21. The molecule has 0 saturated heterocycles. The SMILES string of the molecule is CCCn1nnnc1COC(=O)CCc1ccsc1. The summed E-state index contributed by atoms with van der Waals surface area (Å²) in [6.45, 7) is 2.91. The molecule has 0 saturated carbocycles. The van der Waals surface area contributed by atoms with Gasteiger partial charge >= 0.3 is 5.97 Å². The van der Waals surface area contributed by atoms with Gasteiger partial charge < -0.3 is 4.74 Å². The number of thiophene rings is 1. The summed E-state index contributed by atoms with van der Waals surface area (Å²) >= 11 is 1.63. The van der Waals surface area contributed by atoms with Crippen LogP contribution >= 0.6 is 11.3 Å². The lowest BCUT2D eigenvalue weighted by Crippen LogP contribution is -2.11. The van der Waals surface area contributed by atoms with Crippen molar-refractivity contribution in [2.75, 3.05) is 0 Å². The molecule has 2 rings (SSSR count). The van der Waals surface area contributed by atoms with Crippen molar-refractivity contribution in [3.05, 3.63) is 28.2 Å². The number of nitrogens with zero attached hydrogens (tertiary/aromatic N) is 4. The molecule has 7 heteroatoms. The van der Waals surface area contributed by atoms with E-state index in [1.54, 1.807) is 16.0 Å². The highest BCUT2D eigenvalue weighted by molar-refractivity contribution is 7.07. The van der Waals surface area contributed by atoms with E-state index in [-0.39, 0.29) is 12.6 Å². The third kappa shape index (κ3) is 4.13. The van der Waals surface area contributed by atoms with E-state index in [2.05, 4.69) is 15.5 Å². The average Bonchev–Trinajstić information content (AvgIpc) is 3.06. The number of ether oxygens (including phenoxy) is 1. The largest absolute Gasteiger partial charge is 0.457 e. The molecule has 0 N–H and O–H groups in total. The number of carbonyl (C=O) groups is 1. The van der Waals surface area contributed by atoms with Crippen LogP contribution in [0.1, 0.15) is 31.2 Å². The van der Waals surface area contributed by atoms with Crippen LogP contribution < -0.4 is 0 Å². The van der Waals surface area contributed by atoms with Gasteiger partial charge in [0.1, 0.15) is 0 Å². The van der Waals surface area contributed by atoms with Crippen molar-refractivity contribution in [2.45, 2.75) is 39.3 Å². The molecule has 0 aliphatic carbocycles. The van der Waals surface area contributed by atoms with Gasteiger partial charge in [-0.3, -0.25) is 4.79 Å². The van der Waals surface area contributed by atoms with Crippen LogP contribution in [0.15, 0.2) is 16.8 Å². The Hall–Kier alpha value is -1.76. The Morgan fingerprint density at radius 2 is 2.42 bits per heavy atom. The molecule has 0 radical (unpaired) electrons. The topological polar surface area (TPSA) is 69.9 Å². The number of hydrogen-bond donors (Lipinski definition) is 0. The zero-order valence-electron chi connectivity index (χ0n) is 10.8. The molecule has 0 spiro atoms. The summed E-state index contributed by atoms with van der Waals surface area (Å²) in [6.07, 6.45) is 2.03. The third-order valence-corrected chi connectivity index (χ3v) is 3.33. The van der Waals surface area contributed by atoms with Crippen LogP contribution in [0, 0.1) is 0 Å². The van der Waals surface area contributed by atoms with Gasteiger partial charge in [-0.25, -0.2) is 4.68 Å². The number of aryl methyl sites for hydroxylation is 2. The molecular formula is C12H16N4O2S. The third-order valence-electron chi connectivity index (χ3n) is 2.60. The summed E-state index contributed by atoms with van der Waals surface area (Å²) in [5, 5.41) is 15.3. The van der Waals surface area contributed by atoms with Crippen LogP contribution in [-0.4, -0.2) is 26.2 Å². The number of hydrogen-bond acceptors (Lipinski definition) is 6. The molecule has 102 valence electrons. The molecule has 0 aliphatic heterocycles. The molecule has 0 aliphatic rings. The molecule has 0 atom stereocenters. The number of tetrazole rings is 1. The van der Waals surface area contributed by atoms with Crippen LogP contribution in [0.3, 0.4) is 0 Å². The summed E-state index contributed by atoms with van der Waals surface area (Å²) < 4.78 is 6.83. The van der Waals surface area contributed by atoms with Crippen molar-refractivity contribution >= 4 is 17.3 Å². The van der Waals surface area contributed by atoms with E-state index in [0.717, 1.165) is 18.5 Å². The monoisotopic (exact) mass is 280 g/mol. The Morgan fingerprint density at radius 1 is 1.53 bits per heavy atom. The van der Waals surface area contributed by atoms with Crippen molar-refractivity contribution in [1.82, 2.24) is 20.2 Å². The lowest BCUT2D eigenvalue weighted by atomic mass is 10.2. The Morgan fingerprint density at radius 3 is 3.16 bits per heavy atom. The van der Waals surface area contributed by atoms with Gasteiger partial charge in [-0.15, -0.1) is 5.10 Å². The second-order valence-electron chi connectivity index (χ2n) is 4.11. The Bertz CT molecular complexity index is 510. The van der Waals surface area contributed by atoms with Crippen molar-refractivity contribution < 1.29 is 9.53 Å². The van der Waals surface area contributed by atoms with Crippen LogP contribution in [0.25, 0.3) is 0 Å². The predicted molar refractivity (Wildman–Crippen MR) is 70.5 cm³/mol. The minimum Gasteiger partial charge on any atom is -0.457 e. The minimum absolute atomic E-state index is 0.134. The summed E-state index contributed by atoms with van der Waals surface area (Å²) in [7, 11) is 0. The highest BCUT2D eigenvalue weighted by atomic mass is 32.1. The summed E-state index contributed by atoms with van der Waals surface area (Å²) in [5.41, 5.74) is 1.16. The maximum absolute atomic E-state index is 11.6. The zero-order valence-corrected chi connectivity index (χ0v) is 11.6. The highest BCUT2D eigenvalue weighted by Crippen LogP contribution is 2.09. The molecule has 19 heavy (non-hydrogen) atoms. The van der Waals surface area contributed by atoms with E-state index in [0.29, 0.717) is 18.7 Å². The van der Waals surface area contributed by atoms with E-state index >= 15 is 0 Å². The second-order valence-corrected chi connectivity index (χ2v) is 4.89. The number of aromatic nitrogens is 4. The van der Waals surface area contributed by atoms with Gasteiger partial charge in [0.25, 0.3) is 0 Å². The Balaban J connectivity index is 1.75. The first kappa shape index (κ1) is 13.7. The fraction of sp³-hybridized carbons (Fsp3) is 0.500. The second kappa shape index (κ2) is 6.98. The molecule has 0 bridgehead atoms. The van der Waals surface area contributed by atoms with Gasteiger partial charge in [0.15, 0.2) is 12.4 Å². The highest BCUT2D eigenvalue weighted by Gasteiger charge is 2.09. The number of rotatable bonds is 7. The standard InChI is InChI=1S/C12H16N4O2S/c1-2-6-16-11(13-14-15-16)8-18-12(17)4-3-10-5-7-19-9-10/h5,7,9H,2-4,6,8H2,1H3. The van der Waals surface area contributed by atoms with E-state index in [1.165, 1.54) is 0 Å². The zero-order chi connectivity index (χ0) is 13.5. The van der Waals surface area contributed by atoms with Crippen molar-refractivity contribution in [2.24, 2.45) is 0 Å². The van der Waals surface area contributed by atoms with Gasteiger partial charge in [-0.05, 0) is 45.7 Å². The molecular weight excluding hydrogens is 264 g/mol. The quantitative estimate of drug-likeness (QED) is 0.724. The predicted octanol–water partition coefficient (Wildman–Crippen LogP) is 1.82. The van der Waals surface area contributed by atoms with Crippen molar-refractivity contribution in [3.63, 3.8) is 0 Å². The summed E-state index contributed by atoms with van der Waals surface area (Å²) in [4.78, 5) is 11.6. The van der Waals surface area contributed by atoms with Crippen LogP contribution in [0.4, 0.5) is 0 Å². The van der Waals surface area contributed by atoms with Crippen LogP contribution in [0.5, 0.6) is 0 Å². The van der Waals surface area contributed by atoms with Gasteiger partial charge in [-0.2, -0.15) is 11.3 Å². The smallest absolute Gasteiger partial charge is 0.306 e. The number of esters is 1. The molecule has 2 heterocycles. The Labute approximate surface area is 115 Å². The molecule has 0 amide bonds. The van der Waals surface area contributed by atoms with E-state index < -0.39 is 0 Å². The van der Waals surface area contributed by atoms with E-state index in [1.807, 2.05) is 23.8 Å². The lowest BCUT2D eigenvalue weighted by Gasteiger charge is -2.04. The fourth-order valence-corrected chi connectivity index (χ4v) is 2.31. The first-order chi connectivity index (χ1) is 9.29. The van der Waals surface area contributed by atoms with Crippen LogP contribution in [0.2, 0.25) is 0 Å². The molecule has 0 fully saturated rings. The van der Waals surface area contributed by atoms with Gasteiger partial charge in [0.05, 0.1) is 0 Å². The fourth-order valence-electron chi connectivity index (χ4n) is 1.61. The molecule has 2 aromatic rings. The van der Waals surface area contributed by atoms with Crippen molar-refractivity contribution in [3.8, 4) is 0 Å². The van der Waals surface area contributed by atoms with E-state index in [4.69, 9.17) is 4.74 Å². The van der Waals surface area contributed by atoms with Gasteiger partial charge in [0, 0.05) is 13.0 Å². The maximum atomic E-state index is 11.6. The first-order valence-corrected chi connectivity index (χ1v) is 7.15. The van der Waals surface area contributed by atoms with Crippen LogP contribution in [-0.2, 0) is 29.1 Å². The summed E-state index contributed by atoms with van der Waals surface area (Å²) in [6, 6.07) is 2.01. The number of carbonyl (C=O) groups excluding carboxylic acids is 1. The average molecular weight is 280 g/mol. The molecule has 6 nitrogen and oxygen atoms in total. The lowest BCUT2D eigenvalue weighted by molar-refractivity contribution is -0.145. The molecule has 0 aromatic carbocycles. The molecule has 0 unspecified atom stereocenters. The molecule has 2 aromatic heterocycles. The minimum atomic E-state index is -0.225. The van der Waals surface area contributed by atoms with Gasteiger partial charge in [0.2, 0.25) is 0 Å². The van der Waals surface area contributed by atoms with Crippen molar-refractivity contribution in [1.29, 1.82) is 0 Å². The van der Waals surface area contributed by atoms with Gasteiger partial charge in [-0.1, -0.05) is 6.92 Å². The summed E-state index contributed by atoms with van der Waals surface area (Å²) in [5.74, 6) is 0.364. The normalized spacial score (nSPS) is 10.6. The van der Waals surface area contributed by atoms with E-state index in [9.17, 15) is 4.79 Å². The Kier molecular flexibility index (Phi) is 5.02.